The summed E-state index contributed by atoms with van der Waals surface area (Å²) in [6.07, 6.45) is 18.8. The molecule has 0 fully saturated rings. The Bertz CT molecular complexity index is 1350. The number of nitrogens with two attached hydrogens (primary N) is 1. The van der Waals surface area contributed by atoms with Gasteiger partial charge in [0.05, 0.1) is 37.6 Å². The summed E-state index contributed by atoms with van der Waals surface area (Å²) in [6.45, 7) is 6.78. The van der Waals surface area contributed by atoms with Crippen molar-refractivity contribution in [3.8, 4) is 18.5 Å². The minimum atomic E-state index is -2.19. The van der Waals surface area contributed by atoms with Crippen LogP contribution in [0.4, 0.5) is 5.82 Å². The predicted octanol–water partition coefficient (Wildman–Crippen LogP) is 7.08. The van der Waals surface area contributed by atoms with E-state index in [9.17, 15) is 10.2 Å². The van der Waals surface area contributed by atoms with Crippen LogP contribution >= 0.6 is 8.60 Å². The molecule has 0 aliphatic carbocycles. The van der Waals surface area contributed by atoms with Crippen LogP contribution in [0.15, 0.2) is 36.8 Å². The van der Waals surface area contributed by atoms with Crippen molar-refractivity contribution >= 4 is 19.9 Å². The molecular formula is C35H54N7O6P. The molecule has 3 unspecified atom stereocenters. The van der Waals surface area contributed by atoms with E-state index in [1.54, 1.807) is 23.8 Å². The van der Waals surface area contributed by atoms with Gasteiger partial charge < -0.3 is 33.9 Å². The Balaban J connectivity index is 0.00000409. The molecule has 14 heteroatoms. The highest BCUT2D eigenvalue weighted by Crippen LogP contribution is 2.34. The van der Waals surface area contributed by atoms with Gasteiger partial charge in [-0.1, -0.05) is 77.6 Å². The first-order valence-corrected chi connectivity index (χ1v) is 18.4. The van der Waals surface area contributed by atoms with Crippen molar-refractivity contribution < 1.29 is 28.2 Å². The summed E-state index contributed by atoms with van der Waals surface area (Å²) in [4.78, 5) is 18.7. The molecule has 0 spiro atoms. The smallest absolute Gasteiger partial charge is 0.330 e. The van der Waals surface area contributed by atoms with E-state index in [4.69, 9.17) is 34.3 Å². The van der Waals surface area contributed by atoms with Gasteiger partial charge in [-0.15, -0.1) is 0 Å². The van der Waals surface area contributed by atoms with Gasteiger partial charge in [0.2, 0.25) is 5.88 Å². The lowest BCUT2D eigenvalue weighted by Gasteiger charge is -2.21. The van der Waals surface area contributed by atoms with Crippen molar-refractivity contribution in [1.82, 2.24) is 19.6 Å². The second kappa shape index (κ2) is 26.4. The quantitative estimate of drug-likeness (QED) is 0.0610. The van der Waals surface area contributed by atoms with Crippen molar-refractivity contribution in [2.75, 3.05) is 39.3 Å². The van der Waals surface area contributed by atoms with Gasteiger partial charge in [0.15, 0.2) is 5.82 Å². The zero-order valence-corrected chi connectivity index (χ0v) is 30.0. The Morgan fingerprint density at radius 3 is 2.22 bits per heavy atom. The number of nitriles is 2. The summed E-state index contributed by atoms with van der Waals surface area (Å²) < 4.78 is 30.5. The van der Waals surface area contributed by atoms with Crippen LogP contribution in [0.1, 0.15) is 102 Å². The number of hydrogen-bond acceptors (Lipinski definition) is 12. The molecule has 3 rings (SSSR count). The van der Waals surface area contributed by atoms with Crippen LogP contribution in [0.5, 0.6) is 5.88 Å². The lowest BCUT2D eigenvalue weighted by molar-refractivity contribution is 0.0119. The highest BCUT2D eigenvalue weighted by atomic mass is 31.2. The van der Waals surface area contributed by atoms with Crippen molar-refractivity contribution in [2.24, 2.45) is 0 Å². The van der Waals surface area contributed by atoms with E-state index in [1.165, 1.54) is 76.7 Å². The minimum Gasteiger partial charge on any atom is -0.469 e. The molecule has 3 aromatic heterocycles. The predicted molar refractivity (Wildman–Crippen MR) is 189 cm³/mol. The first-order valence-electron chi connectivity index (χ1n) is 17.2. The molecule has 13 nitrogen and oxygen atoms in total. The maximum atomic E-state index is 10.5. The van der Waals surface area contributed by atoms with Crippen LogP contribution in [0.3, 0.4) is 0 Å². The lowest BCUT2D eigenvalue weighted by Crippen LogP contribution is -2.29. The Morgan fingerprint density at radius 1 is 0.918 bits per heavy atom. The molecule has 0 bridgehead atoms. The summed E-state index contributed by atoms with van der Waals surface area (Å²) in [5.41, 5.74) is 8.09. The number of pyridine rings is 1. The Morgan fingerprint density at radius 2 is 1.57 bits per heavy atom. The largest absolute Gasteiger partial charge is 0.469 e. The van der Waals surface area contributed by atoms with E-state index in [0.717, 1.165) is 24.1 Å². The molecule has 49 heavy (non-hydrogen) atoms. The van der Waals surface area contributed by atoms with E-state index in [2.05, 4.69) is 34.6 Å². The molecule has 0 aliphatic rings. The van der Waals surface area contributed by atoms with Crippen LogP contribution in [0, 0.1) is 23.2 Å². The molecule has 3 aromatic rings. The van der Waals surface area contributed by atoms with Gasteiger partial charge in [-0.25, -0.2) is 19.7 Å². The van der Waals surface area contributed by atoms with Gasteiger partial charge in [-0.3, -0.25) is 0 Å². The standard InChI is InChI=1S/C34H53N6O6P.CHN/c1-3-4-5-6-7-8-9-10-11-12-13-14-21-43-24-31(46-33-22-28(23-35)19-20-37-33)26-45-47(41)44-25-30(42-2)17-15-29-16-18-32-34(36)38-27-39-40(29)32;1-2/h16,18-20,22,27,30-31,41H,3-15,17,21,24-26H2,1-2H3,(H2,36,38,39);1H. The maximum Gasteiger partial charge on any atom is 0.330 e. The molecule has 0 amide bonds. The third kappa shape index (κ3) is 17.2. The lowest BCUT2D eigenvalue weighted by atomic mass is 10.1. The molecule has 3 atom stereocenters. The number of aromatic nitrogens is 4. The highest BCUT2D eigenvalue weighted by molar-refractivity contribution is 7.40. The molecular weight excluding hydrogens is 645 g/mol. The molecule has 3 N–H and O–H groups in total. The van der Waals surface area contributed by atoms with E-state index in [1.807, 2.05) is 12.1 Å². The van der Waals surface area contributed by atoms with Crippen LogP contribution in [-0.4, -0.2) is 70.2 Å². The first kappa shape index (κ1) is 41.7. The van der Waals surface area contributed by atoms with Gasteiger partial charge in [-0.2, -0.15) is 10.4 Å². The second-order valence-corrected chi connectivity index (χ2v) is 12.7. The number of unbranched alkanes of at least 4 members (excludes halogenated alkanes) is 11. The van der Waals surface area contributed by atoms with Crippen molar-refractivity contribution in [2.45, 2.75) is 109 Å². The topological polar surface area (TPSA) is 183 Å². The normalized spacial score (nSPS) is 12.9. The molecule has 3 heterocycles. The first-order chi connectivity index (χ1) is 24.0. The number of nitrogens with zero attached hydrogens (tertiary/aromatic N) is 6. The van der Waals surface area contributed by atoms with E-state index < -0.39 is 14.7 Å². The van der Waals surface area contributed by atoms with Crippen LogP contribution < -0.4 is 10.5 Å². The number of fused-ring (bicyclic) bond motifs is 1. The minimum absolute atomic E-state index is 0.0219. The fraction of sp³-hybridized carbons (Fsp3) is 0.629. The Hall–Kier alpha value is -3.42. The number of rotatable bonds is 27. The molecule has 0 aliphatic heterocycles. The van der Waals surface area contributed by atoms with Crippen molar-refractivity contribution in [3.05, 3.63) is 48.0 Å². The SMILES string of the molecule is C#N.CCCCCCCCCCCCCCOCC(COP(O)OCC(CCc1ccc2c(N)ncnn12)OC)Oc1cc(C#N)ccn1. The molecule has 0 saturated heterocycles. The number of nitrogen functional groups attached to an aromatic ring is 1. The summed E-state index contributed by atoms with van der Waals surface area (Å²) in [5, 5.41) is 20.0. The summed E-state index contributed by atoms with van der Waals surface area (Å²) >= 11 is 0. The van der Waals surface area contributed by atoms with E-state index in [-0.39, 0.29) is 25.9 Å². The fourth-order valence-corrected chi connectivity index (χ4v) is 5.86. The summed E-state index contributed by atoms with van der Waals surface area (Å²) in [6, 6.07) is 9.10. The molecule has 270 valence electrons. The number of methoxy groups -OCH3 is 1. The zero-order valence-electron chi connectivity index (χ0n) is 29.1. The summed E-state index contributed by atoms with van der Waals surface area (Å²) in [7, 11) is -0.590. The van der Waals surface area contributed by atoms with Crippen LogP contribution in [0.2, 0.25) is 0 Å². The third-order valence-corrected chi connectivity index (χ3v) is 8.69. The highest BCUT2D eigenvalue weighted by Gasteiger charge is 2.19. The summed E-state index contributed by atoms with van der Waals surface area (Å²) in [5.74, 6) is 0.714. The van der Waals surface area contributed by atoms with Crippen molar-refractivity contribution in [3.63, 3.8) is 0 Å². The zero-order chi connectivity index (χ0) is 35.5. The number of hydrogen-bond donors (Lipinski definition) is 2. The van der Waals surface area contributed by atoms with Gasteiger partial charge in [0.1, 0.15) is 17.9 Å². The van der Waals surface area contributed by atoms with Gasteiger partial charge >= 0.3 is 8.60 Å². The molecule has 0 saturated carbocycles. The fourth-order valence-electron chi connectivity index (χ4n) is 5.20. The van der Waals surface area contributed by atoms with Crippen molar-refractivity contribution in [1.29, 1.82) is 10.5 Å². The monoisotopic (exact) mass is 699 g/mol. The maximum absolute atomic E-state index is 10.5. The second-order valence-electron chi connectivity index (χ2n) is 11.7. The van der Waals surface area contributed by atoms with Crippen LogP contribution in [-0.2, 0) is 24.9 Å². The van der Waals surface area contributed by atoms with Gasteiger partial charge in [0.25, 0.3) is 0 Å². The molecule has 0 aromatic carbocycles. The van der Waals surface area contributed by atoms with Gasteiger partial charge in [-0.05, 0) is 37.5 Å². The number of aryl methyl sites for hydroxylation is 1. The average Bonchev–Trinajstić information content (AvgIpc) is 3.55. The van der Waals surface area contributed by atoms with E-state index >= 15 is 0 Å². The Kier molecular flexibility index (Phi) is 22.5. The van der Waals surface area contributed by atoms with Crippen LogP contribution in [0.25, 0.3) is 5.52 Å². The third-order valence-electron chi connectivity index (χ3n) is 7.96. The molecule has 0 radical (unpaired) electrons. The van der Waals surface area contributed by atoms with E-state index in [0.29, 0.717) is 36.7 Å². The number of ether oxygens (including phenoxy) is 3. The van der Waals surface area contributed by atoms with Gasteiger partial charge in [0, 0.05) is 38.2 Å². The number of anilines is 1. The average molecular weight is 700 g/mol. The Labute approximate surface area is 292 Å².